The predicted octanol–water partition coefficient (Wildman–Crippen LogP) is 2.41. The third-order valence-electron chi connectivity index (χ3n) is 2.53. The molecule has 0 amide bonds. The largest absolute Gasteiger partial charge is 0.477 e. The molecule has 5 heteroatoms. The molecule has 2 rings (SSSR count). The minimum Gasteiger partial charge on any atom is -0.477 e. The molecule has 1 aromatic heterocycles. The molecule has 0 aliphatic rings. The molecule has 0 fully saturated rings. The minimum atomic E-state index is -0.0298. The van der Waals surface area contributed by atoms with Crippen molar-refractivity contribution >= 4 is 18.2 Å². The van der Waals surface area contributed by atoms with Crippen LogP contribution in [-0.4, -0.2) is 17.4 Å². The number of nitrogens with zero attached hydrogens (tertiary/aromatic N) is 1. The quantitative estimate of drug-likeness (QED) is 0.651. The van der Waals surface area contributed by atoms with Crippen molar-refractivity contribution in [1.82, 2.24) is 4.98 Å². The van der Waals surface area contributed by atoms with Gasteiger partial charge in [0.05, 0.1) is 12.2 Å². The van der Waals surface area contributed by atoms with Crippen molar-refractivity contribution in [1.29, 1.82) is 5.41 Å². The predicted molar refractivity (Wildman–Crippen MR) is 78.1 cm³/mol. The first-order chi connectivity index (χ1) is 8.77. The Labute approximate surface area is 118 Å². The van der Waals surface area contributed by atoms with Gasteiger partial charge in [-0.3, -0.25) is 5.41 Å². The molecule has 19 heavy (non-hydrogen) atoms. The van der Waals surface area contributed by atoms with Gasteiger partial charge in [0.25, 0.3) is 0 Å². The summed E-state index contributed by atoms with van der Waals surface area (Å²) >= 11 is 0. The van der Waals surface area contributed by atoms with Crippen LogP contribution in [-0.2, 0) is 6.42 Å². The van der Waals surface area contributed by atoms with Crippen LogP contribution < -0.4 is 10.5 Å². The van der Waals surface area contributed by atoms with Gasteiger partial charge >= 0.3 is 0 Å². The highest BCUT2D eigenvalue weighted by Gasteiger charge is 2.06. The third kappa shape index (κ3) is 4.26. The molecule has 4 nitrogen and oxygen atoms in total. The minimum absolute atomic E-state index is 0. The summed E-state index contributed by atoms with van der Waals surface area (Å²) in [6.45, 7) is 0.515. The molecule has 100 valence electrons. The van der Waals surface area contributed by atoms with E-state index in [0.717, 1.165) is 6.42 Å². The van der Waals surface area contributed by atoms with E-state index in [-0.39, 0.29) is 18.2 Å². The maximum absolute atomic E-state index is 7.43. The summed E-state index contributed by atoms with van der Waals surface area (Å²) < 4.78 is 5.57. The van der Waals surface area contributed by atoms with Crippen LogP contribution in [0.3, 0.4) is 0 Å². The fourth-order valence-corrected chi connectivity index (χ4v) is 1.62. The zero-order valence-corrected chi connectivity index (χ0v) is 11.2. The van der Waals surface area contributed by atoms with Gasteiger partial charge in [-0.05, 0) is 17.7 Å². The molecule has 0 saturated carbocycles. The maximum atomic E-state index is 7.43. The monoisotopic (exact) mass is 277 g/mol. The summed E-state index contributed by atoms with van der Waals surface area (Å²) in [5.41, 5.74) is 7.20. The van der Waals surface area contributed by atoms with Crippen molar-refractivity contribution in [2.75, 3.05) is 6.61 Å². The van der Waals surface area contributed by atoms with Gasteiger partial charge in [-0.2, -0.15) is 0 Å². The normalized spacial score (nSPS) is 9.47. The van der Waals surface area contributed by atoms with E-state index in [0.29, 0.717) is 18.1 Å². The SMILES string of the molecule is Cl.N=C(N)c1cccnc1OCCc1ccccc1. The smallest absolute Gasteiger partial charge is 0.224 e. The van der Waals surface area contributed by atoms with Crippen molar-refractivity contribution in [2.24, 2.45) is 5.73 Å². The number of nitrogens with one attached hydrogen (secondary N) is 1. The second-order valence-electron chi connectivity index (χ2n) is 3.85. The maximum Gasteiger partial charge on any atom is 0.224 e. The van der Waals surface area contributed by atoms with Gasteiger partial charge in [0.15, 0.2) is 0 Å². The second kappa shape index (κ2) is 7.38. The number of ether oxygens (including phenoxy) is 1. The Bertz CT molecular complexity index is 531. The number of hydrogen-bond donors (Lipinski definition) is 2. The van der Waals surface area contributed by atoms with Gasteiger partial charge in [-0.15, -0.1) is 12.4 Å². The van der Waals surface area contributed by atoms with E-state index >= 15 is 0 Å². The standard InChI is InChI=1S/C14H15N3O.ClH/c15-13(16)12-7-4-9-17-14(12)18-10-8-11-5-2-1-3-6-11;/h1-7,9H,8,10H2,(H3,15,16);1H. The Kier molecular flexibility index (Phi) is 5.82. The third-order valence-corrected chi connectivity index (χ3v) is 2.53. The Hall–Kier alpha value is -2.07. The van der Waals surface area contributed by atoms with Crippen LogP contribution in [0.4, 0.5) is 0 Å². The van der Waals surface area contributed by atoms with E-state index in [2.05, 4.69) is 4.98 Å². The molecule has 0 saturated heterocycles. The molecule has 3 N–H and O–H groups in total. The van der Waals surface area contributed by atoms with E-state index in [1.165, 1.54) is 5.56 Å². The van der Waals surface area contributed by atoms with Crippen LogP contribution in [0.15, 0.2) is 48.7 Å². The molecule has 0 aliphatic carbocycles. The van der Waals surface area contributed by atoms with Crippen molar-refractivity contribution in [3.8, 4) is 5.88 Å². The van der Waals surface area contributed by atoms with Gasteiger partial charge in [0.1, 0.15) is 5.84 Å². The zero-order chi connectivity index (χ0) is 12.8. The second-order valence-corrected chi connectivity index (χ2v) is 3.85. The average Bonchev–Trinajstić information content (AvgIpc) is 2.40. The fraction of sp³-hybridized carbons (Fsp3) is 0.143. The number of hydrogen-bond acceptors (Lipinski definition) is 3. The van der Waals surface area contributed by atoms with Crippen LogP contribution in [0, 0.1) is 5.41 Å². The topological polar surface area (TPSA) is 72.0 Å². The molecule has 0 spiro atoms. The zero-order valence-electron chi connectivity index (χ0n) is 10.4. The molecule has 0 bridgehead atoms. The number of halogens is 1. The van der Waals surface area contributed by atoms with E-state index in [1.54, 1.807) is 18.3 Å². The number of nitrogens with two attached hydrogens (primary N) is 1. The van der Waals surface area contributed by atoms with E-state index < -0.39 is 0 Å². The molecular weight excluding hydrogens is 262 g/mol. The van der Waals surface area contributed by atoms with Gasteiger partial charge in [-0.25, -0.2) is 4.98 Å². The highest BCUT2D eigenvalue weighted by atomic mass is 35.5. The lowest BCUT2D eigenvalue weighted by atomic mass is 10.2. The van der Waals surface area contributed by atoms with Gasteiger partial charge in [0, 0.05) is 12.6 Å². The molecule has 0 aliphatic heterocycles. The average molecular weight is 278 g/mol. The fourth-order valence-electron chi connectivity index (χ4n) is 1.62. The summed E-state index contributed by atoms with van der Waals surface area (Å²) in [7, 11) is 0. The van der Waals surface area contributed by atoms with Crippen molar-refractivity contribution in [3.63, 3.8) is 0 Å². The number of aromatic nitrogens is 1. The molecule has 0 unspecified atom stereocenters. The van der Waals surface area contributed by atoms with Crippen molar-refractivity contribution in [3.05, 3.63) is 59.8 Å². The van der Waals surface area contributed by atoms with Crippen LogP contribution in [0.25, 0.3) is 0 Å². The lowest BCUT2D eigenvalue weighted by Crippen LogP contribution is -2.14. The van der Waals surface area contributed by atoms with E-state index in [1.807, 2.05) is 30.3 Å². The molecule has 0 atom stereocenters. The van der Waals surface area contributed by atoms with Crippen molar-refractivity contribution in [2.45, 2.75) is 6.42 Å². The van der Waals surface area contributed by atoms with Crippen LogP contribution in [0.5, 0.6) is 5.88 Å². The summed E-state index contributed by atoms with van der Waals surface area (Å²) in [4.78, 5) is 4.09. The molecule has 2 aromatic rings. The first-order valence-electron chi connectivity index (χ1n) is 5.73. The lowest BCUT2D eigenvalue weighted by Gasteiger charge is -2.08. The highest BCUT2D eigenvalue weighted by molar-refractivity contribution is 5.96. The Morgan fingerprint density at radius 2 is 1.89 bits per heavy atom. The molecule has 0 radical (unpaired) electrons. The first kappa shape index (κ1) is 15.0. The number of benzene rings is 1. The van der Waals surface area contributed by atoms with Crippen LogP contribution in [0.2, 0.25) is 0 Å². The highest BCUT2D eigenvalue weighted by Crippen LogP contribution is 2.13. The van der Waals surface area contributed by atoms with E-state index in [9.17, 15) is 0 Å². The molecular formula is C14H16ClN3O. The van der Waals surface area contributed by atoms with Gasteiger partial charge < -0.3 is 10.5 Å². The van der Waals surface area contributed by atoms with Crippen LogP contribution in [0.1, 0.15) is 11.1 Å². The Morgan fingerprint density at radius 3 is 2.58 bits per heavy atom. The summed E-state index contributed by atoms with van der Waals surface area (Å²) in [6.07, 6.45) is 2.43. The number of nitrogen functional groups attached to an aromatic ring is 1. The van der Waals surface area contributed by atoms with E-state index in [4.69, 9.17) is 15.9 Å². The summed E-state index contributed by atoms with van der Waals surface area (Å²) in [5.74, 6) is 0.388. The van der Waals surface area contributed by atoms with Gasteiger partial charge in [0.2, 0.25) is 5.88 Å². The van der Waals surface area contributed by atoms with Crippen molar-refractivity contribution < 1.29 is 4.74 Å². The first-order valence-corrected chi connectivity index (χ1v) is 5.73. The Balaban J connectivity index is 0.00000180. The molecule has 1 aromatic carbocycles. The van der Waals surface area contributed by atoms with Gasteiger partial charge in [-0.1, -0.05) is 30.3 Å². The lowest BCUT2D eigenvalue weighted by molar-refractivity contribution is 0.309. The number of rotatable bonds is 5. The number of pyridine rings is 1. The van der Waals surface area contributed by atoms with Crippen LogP contribution >= 0.6 is 12.4 Å². The summed E-state index contributed by atoms with van der Waals surface area (Å²) in [6, 6.07) is 13.5. The number of amidine groups is 1. The Morgan fingerprint density at radius 1 is 1.16 bits per heavy atom. The summed E-state index contributed by atoms with van der Waals surface area (Å²) in [5, 5.41) is 7.43. The molecule has 1 heterocycles.